The standard InChI is InChI=1S/C14H16N2O3/c1-9-3-5-13(19-9)14(17)16-8-10-4-6-12(18-2)11(15)7-10/h3-7H,8,15H2,1-2H3,(H,16,17). The summed E-state index contributed by atoms with van der Waals surface area (Å²) >= 11 is 0. The fourth-order valence-electron chi connectivity index (χ4n) is 1.72. The minimum Gasteiger partial charge on any atom is -0.495 e. The molecule has 5 heteroatoms. The smallest absolute Gasteiger partial charge is 0.287 e. The van der Waals surface area contributed by atoms with Gasteiger partial charge in [-0.15, -0.1) is 0 Å². The fourth-order valence-corrected chi connectivity index (χ4v) is 1.72. The first-order valence-corrected chi connectivity index (χ1v) is 5.87. The maximum Gasteiger partial charge on any atom is 0.287 e. The molecule has 0 saturated heterocycles. The third kappa shape index (κ3) is 3.07. The number of furan rings is 1. The second-order valence-electron chi connectivity index (χ2n) is 4.17. The molecular weight excluding hydrogens is 244 g/mol. The van der Waals surface area contributed by atoms with Gasteiger partial charge in [0.2, 0.25) is 0 Å². The van der Waals surface area contributed by atoms with Crippen molar-refractivity contribution in [2.24, 2.45) is 0 Å². The van der Waals surface area contributed by atoms with E-state index in [4.69, 9.17) is 14.9 Å². The van der Waals surface area contributed by atoms with Gasteiger partial charge in [0.1, 0.15) is 11.5 Å². The first-order chi connectivity index (χ1) is 9.10. The molecule has 1 heterocycles. The summed E-state index contributed by atoms with van der Waals surface area (Å²) in [5.74, 6) is 1.39. The average Bonchev–Trinajstić information content (AvgIpc) is 2.83. The molecular formula is C14H16N2O3. The van der Waals surface area contributed by atoms with Gasteiger partial charge in [0.25, 0.3) is 5.91 Å². The molecule has 0 aliphatic rings. The number of nitrogen functional groups attached to an aromatic ring is 1. The summed E-state index contributed by atoms with van der Waals surface area (Å²) in [6.45, 7) is 2.17. The van der Waals surface area contributed by atoms with Crippen LogP contribution in [0.4, 0.5) is 5.69 Å². The summed E-state index contributed by atoms with van der Waals surface area (Å²) < 4.78 is 10.3. The highest BCUT2D eigenvalue weighted by atomic mass is 16.5. The van der Waals surface area contributed by atoms with Crippen molar-refractivity contribution < 1.29 is 13.9 Å². The molecule has 100 valence electrons. The number of anilines is 1. The van der Waals surface area contributed by atoms with Gasteiger partial charge in [0, 0.05) is 6.54 Å². The van der Waals surface area contributed by atoms with Gasteiger partial charge in [0.05, 0.1) is 12.8 Å². The van der Waals surface area contributed by atoms with E-state index in [0.29, 0.717) is 29.5 Å². The second-order valence-corrected chi connectivity index (χ2v) is 4.17. The van der Waals surface area contributed by atoms with Crippen LogP contribution in [0.25, 0.3) is 0 Å². The number of nitrogens with two attached hydrogens (primary N) is 1. The van der Waals surface area contributed by atoms with Crippen LogP contribution in [-0.4, -0.2) is 13.0 Å². The van der Waals surface area contributed by atoms with Crippen molar-refractivity contribution in [2.75, 3.05) is 12.8 Å². The monoisotopic (exact) mass is 260 g/mol. The number of carbonyl (C=O) groups is 1. The highest BCUT2D eigenvalue weighted by Crippen LogP contribution is 2.21. The number of hydrogen-bond donors (Lipinski definition) is 2. The van der Waals surface area contributed by atoms with Crippen molar-refractivity contribution in [3.63, 3.8) is 0 Å². The summed E-state index contributed by atoms with van der Waals surface area (Å²) in [4.78, 5) is 11.8. The molecule has 0 aliphatic heterocycles. The number of carbonyl (C=O) groups excluding carboxylic acids is 1. The molecule has 0 unspecified atom stereocenters. The largest absolute Gasteiger partial charge is 0.495 e. The van der Waals surface area contributed by atoms with Gasteiger partial charge in [-0.1, -0.05) is 6.07 Å². The Morgan fingerprint density at radius 2 is 2.16 bits per heavy atom. The number of aryl methyl sites for hydroxylation is 1. The molecule has 19 heavy (non-hydrogen) atoms. The van der Waals surface area contributed by atoms with Crippen molar-refractivity contribution in [1.29, 1.82) is 0 Å². The van der Waals surface area contributed by atoms with E-state index in [9.17, 15) is 4.79 Å². The molecule has 0 radical (unpaired) electrons. The summed E-state index contributed by atoms with van der Waals surface area (Å²) in [5.41, 5.74) is 7.24. The summed E-state index contributed by atoms with van der Waals surface area (Å²) in [6.07, 6.45) is 0. The Morgan fingerprint density at radius 1 is 1.37 bits per heavy atom. The Morgan fingerprint density at radius 3 is 2.74 bits per heavy atom. The molecule has 0 fully saturated rings. The van der Waals surface area contributed by atoms with Gasteiger partial charge in [-0.3, -0.25) is 4.79 Å². The third-order valence-electron chi connectivity index (χ3n) is 2.71. The van der Waals surface area contributed by atoms with Gasteiger partial charge in [0.15, 0.2) is 5.76 Å². The van der Waals surface area contributed by atoms with Crippen molar-refractivity contribution >= 4 is 11.6 Å². The Kier molecular flexibility index (Phi) is 3.75. The van der Waals surface area contributed by atoms with Crippen LogP contribution in [0, 0.1) is 6.92 Å². The lowest BCUT2D eigenvalue weighted by Crippen LogP contribution is -2.22. The number of rotatable bonds is 4. The highest BCUT2D eigenvalue weighted by Gasteiger charge is 2.09. The van der Waals surface area contributed by atoms with E-state index in [1.807, 2.05) is 6.07 Å². The normalized spacial score (nSPS) is 10.2. The van der Waals surface area contributed by atoms with Gasteiger partial charge in [-0.25, -0.2) is 0 Å². The molecule has 3 N–H and O–H groups in total. The van der Waals surface area contributed by atoms with E-state index in [-0.39, 0.29) is 5.91 Å². The van der Waals surface area contributed by atoms with Crippen LogP contribution >= 0.6 is 0 Å². The van der Waals surface area contributed by atoms with E-state index in [2.05, 4.69) is 5.32 Å². The highest BCUT2D eigenvalue weighted by molar-refractivity contribution is 5.91. The van der Waals surface area contributed by atoms with E-state index in [1.165, 1.54) is 0 Å². The quantitative estimate of drug-likeness (QED) is 0.825. The molecule has 2 rings (SSSR count). The zero-order valence-electron chi connectivity index (χ0n) is 10.9. The lowest BCUT2D eigenvalue weighted by Gasteiger charge is -2.07. The first-order valence-electron chi connectivity index (χ1n) is 5.87. The van der Waals surface area contributed by atoms with Gasteiger partial charge in [-0.2, -0.15) is 0 Å². The maximum absolute atomic E-state index is 11.8. The van der Waals surface area contributed by atoms with Crippen LogP contribution in [0.3, 0.4) is 0 Å². The van der Waals surface area contributed by atoms with Crippen molar-refractivity contribution in [3.8, 4) is 5.75 Å². The number of ether oxygens (including phenoxy) is 1. The Labute approximate surface area is 111 Å². The second kappa shape index (κ2) is 5.48. The van der Waals surface area contributed by atoms with Crippen molar-refractivity contribution in [1.82, 2.24) is 5.32 Å². The molecule has 1 aromatic heterocycles. The molecule has 0 spiro atoms. The minimum absolute atomic E-state index is 0.248. The predicted octanol–water partition coefficient (Wildman–Crippen LogP) is 2.11. The van der Waals surface area contributed by atoms with E-state index in [0.717, 1.165) is 5.56 Å². The van der Waals surface area contributed by atoms with Crippen LogP contribution in [0.5, 0.6) is 5.75 Å². The lowest BCUT2D eigenvalue weighted by atomic mass is 10.2. The number of methoxy groups -OCH3 is 1. The topological polar surface area (TPSA) is 77.5 Å². The maximum atomic E-state index is 11.8. The minimum atomic E-state index is -0.248. The first kappa shape index (κ1) is 13.0. The summed E-state index contributed by atoms with van der Waals surface area (Å²) in [6, 6.07) is 8.79. The summed E-state index contributed by atoms with van der Waals surface area (Å²) in [7, 11) is 1.56. The van der Waals surface area contributed by atoms with Gasteiger partial charge < -0.3 is 20.2 Å². The molecule has 0 atom stereocenters. The molecule has 1 aromatic carbocycles. The lowest BCUT2D eigenvalue weighted by molar-refractivity contribution is 0.0922. The number of benzene rings is 1. The number of nitrogens with one attached hydrogen (secondary N) is 1. The average molecular weight is 260 g/mol. The molecule has 5 nitrogen and oxygen atoms in total. The number of hydrogen-bond acceptors (Lipinski definition) is 4. The fraction of sp³-hybridized carbons (Fsp3) is 0.214. The van der Waals surface area contributed by atoms with Crippen molar-refractivity contribution in [3.05, 3.63) is 47.4 Å². The third-order valence-corrected chi connectivity index (χ3v) is 2.71. The van der Waals surface area contributed by atoms with Crippen LogP contribution in [0.2, 0.25) is 0 Å². The van der Waals surface area contributed by atoms with E-state index >= 15 is 0 Å². The zero-order chi connectivity index (χ0) is 13.8. The van der Waals surface area contributed by atoms with Crippen LogP contribution in [0.15, 0.2) is 34.7 Å². The Balaban J connectivity index is 1.99. The predicted molar refractivity (Wildman–Crippen MR) is 72.0 cm³/mol. The zero-order valence-corrected chi connectivity index (χ0v) is 10.9. The summed E-state index contributed by atoms with van der Waals surface area (Å²) in [5, 5.41) is 2.76. The van der Waals surface area contributed by atoms with Crippen molar-refractivity contribution in [2.45, 2.75) is 13.5 Å². The van der Waals surface area contributed by atoms with E-state index < -0.39 is 0 Å². The van der Waals surface area contributed by atoms with Crippen LogP contribution in [0.1, 0.15) is 21.9 Å². The molecule has 2 aromatic rings. The molecule has 0 saturated carbocycles. The Hall–Kier alpha value is -2.43. The molecule has 0 aliphatic carbocycles. The van der Waals surface area contributed by atoms with Crippen LogP contribution in [-0.2, 0) is 6.54 Å². The Bertz CT molecular complexity index is 590. The van der Waals surface area contributed by atoms with Gasteiger partial charge >= 0.3 is 0 Å². The van der Waals surface area contributed by atoms with Gasteiger partial charge in [-0.05, 0) is 36.8 Å². The SMILES string of the molecule is COc1ccc(CNC(=O)c2ccc(C)o2)cc1N. The van der Waals surface area contributed by atoms with Crippen LogP contribution < -0.4 is 15.8 Å². The number of amides is 1. The molecule has 1 amide bonds. The molecule has 0 bridgehead atoms. The van der Waals surface area contributed by atoms with E-state index in [1.54, 1.807) is 38.3 Å².